The highest BCUT2D eigenvalue weighted by Gasteiger charge is 2.12. The molecule has 0 aliphatic carbocycles. The summed E-state index contributed by atoms with van der Waals surface area (Å²) in [5.74, 6) is 0.652. The highest BCUT2D eigenvalue weighted by atomic mass is 32.1. The molecule has 0 radical (unpaired) electrons. The summed E-state index contributed by atoms with van der Waals surface area (Å²) >= 11 is 1.78. The molecule has 2 aromatic heterocycles. The van der Waals surface area contributed by atoms with Gasteiger partial charge in [-0.15, -0.1) is 11.3 Å². The quantitative estimate of drug-likeness (QED) is 0.892. The van der Waals surface area contributed by atoms with Gasteiger partial charge in [0.25, 0.3) is 5.91 Å². The molecule has 5 heteroatoms. The van der Waals surface area contributed by atoms with E-state index in [-0.39, 0.29) is 11.9 Å². The molecular formula is C16H21N3OS. The van der Waals surface area contributed by atoms with Gasteiger partial charge in [0.1, 0.15) is 5.82 Å². The van der Waals surface area contributed by atoms with Gasteiger partial charge in [-0.2, -0.15) is 0 Å². The van der Waals surface area contributed by atoms with Crippen molar-refractivity contribution in [1.82, 2.24) is 10.3 Å². The van der Waals surface area contributed by atoms with Crippen LogP contribution in [0.25, 0.3) is 0 Å². The number of aryl methyl sites for hydroxylation is 2. The van der Waals surface area contributed by atoms with E-state index < -0.39 is 0 Å². The molecule has 0 saturated carbocycles. The van der Waals surface area contributed by atoms with Crippen LogP contribution in [0.15, 0.2) is 24.3 Å². The van der Waals surface area contributed by atoms with Crippen molar-refractivity contribution in [3.63, 3.8) is 0 Å². The number of hydrogen-bond acceptors (Lipinski definition) is 4. The molecule has 0 aliphatic heterocycles. The lowest BCUT2D eigenvalue weighted by molar-refractivity contribution is 0.0940. The first-order chi connectivity index (χ1) is 9.97. The molecule has 0 bridgehead atoms. The minimum absolute atomic E-state index is 0.0576. The maximum Gasteiger partial charge on any atom is 0.251 e. The van der Waals surface area contributed by atoms with E-state index in [1.54, 1.807) is 30.5 Å². The minimum Gasteiger partial charge on any atom is -0.373 e. The maximum atomic E-state index is 12.3. The van der Waals surface area contributed by atoms with Crippen LogP contribution in [0.5, 0.6) is 0 Å². The molecule has 2 aromatic rings. The normalized spacial score (nSPS) is 12.0. The van der Waals surface area contributed by atoms with Gasteiger partial charge >= 0.3 is 0 Å². The fourth-order valence-corrected chi connectivity index (χ4v) is 3.20. The number of aromatic nitrogens is 1. The summed E-state index contributed by atoms with van der Waals surface area (Å²) in [6, 6.07) is 7.91. The molecule has 0 fully saturated rings. The van der Waals surface area contributed by atoms with Crippen LogP contribution in [0.2, 0.25) is 0 Å². The Morgan fingerprint density at radius 2 is 2.10 bits per heavy atom. The summed E-state index contributed by atoms with van der Waals surface area (Å²) in [5.41, 5.74) is 1.47. The number of rotatable bonds is 5. The number of pyridine rings is 1. The van der Waals surface area contributed by atoms with E-state index in [1.807, 2.05) is 13.8 Å². The van der Waals surface area contributed by atoms with Gasteiger partial charge in [0.2, 0.25) is 0 Å². The summed E-state index contributed by atoms with van der Waals surface area (Å²) in [7, 11) is 1.80. The molecule has 112 valence electrons. The van der Waals surface area contributed by atoms with E-state index in [4.69, 9.17) is 0 Å². The second kappa shape index (κ2) is 6.72. The van der Waals surface area contributed by atoms with Crippen molar-refractivity contribution in [3.05, 3.63) is 45.3 Å². The van der Waals surface area contributed by atoms with Crippen LogP contribution in [0.4, 0.5) is 5.82 Å². The Kier molecular flexibility index (Phi) is 4.96. The number of amides is 1. The molecule has 0 aromatic carbocycles. The smallest absolute Gasteiger partial charge is 0.251 e. The van der Waals surface area contributed by atoms with Crippen LogP contribution in [-0.4, -0.2) is 24.0 Å². The summed E-state index contributed by atoms with van der Waals surface area (Å²) in [6.07, 6.45) is 0.854. The molecular weight excluding hydrogens is 282 g/mol. The Bertz CT molecular complexity index is 636. The number of thiophene rings is 1. The van der Waals surface area contributed by atoms with E-state index in [9.17, 15) is 4.79 Å². The van der Waals surface area contributed by atoms with Crippen molar-refractivity contribution in [2.45, 2.75) is 33.2 Å². The highest BCUT2D eigenvalue weighted by Crippen LogP contribution is 2.17. The van der Waals surface area contributed by atoms with Gasteiger partial charge in [-0.25, -0.2) is 4.98 Å². The van der Waals surface area contributed by atoms with E-state index in [0.29, 0.717) is 11.4 Å². The third kappa shape index (κ3) is 4.29. The lowest BCUT2D eigenvalue weighted by Gasteiger charge is -2.14. The summed E-state index contributed by atoms with van der Waals surface area (Å²) in [5, 5.41) is 6.01. The molecule has 1 amide bonds. The fourth-order valence-electron chi connectivity index (χ4n) is 2.18. The molecule has 2 rings (SSSR count). The molecule has 21 heavy (non-hydrogen) atoms. The number of carbonyl (C=O) groups is 1. The van der Waals surface area contributed by atoms with Crippen molar-refractivity contribution in [2.24, 2.45) is 0 Å². The van der Waals surface area contributed by atoms with Crippen LogP contribution >= 0.6 is 11.3 Å². The predicted molar refractivity (Wildman–Crippen MR) is 88.2 cm³/mol. The molecule has 2 heterocycles. The standard InChI is InChI=1S/C16H21N3OS/c1-10-7-13(9-15(17-4)18-10)16(20)19-11(2)8-14-6-5-12(3)21-14/h5-7,9,11H,8H2,1-4H3,(H,17,18)(H,19,20). The average Bonchev–Trinajstić information content (AvgIpc) is 2.83. The molecule has 1 atom stereocenters. The lowest BCUT2D eigenvalue weighted by atomic mass is 10.1. The van der Waals surface area contributed by atoms with Gasteiger partial charge in [0, 0.05) is 40.5 Å². The first kappa shape index (κ1) is 15.5. The summed E-state index contributed by atoms with van der Waals surface area (Å²) in [4.78, 5) is 19.2. The topological polar surface area (TPSA) is 54.0 Å². The van der Waals surface area contributed by atoms with Crippen molar-refractivity contribution in [1.29, 1.82) is 0 Å². The zero-order valence-corrected chi connectivity index (χ0v) is 13.7. The Morgan fingerprint density at radius 1 is 1.33 bits per heavy atom. The SMILES string of the molecule is CNc1cc(C(=O)NC(C)Cc2ccc(C)s2)cc(C)n1. The number of nitrogens with zero attached hydrogens (tertiary/aromatic N) is 1. The van der Waals surface area contributed by atoms with Gasteiger partial charge < -0.3 is 10.6 Å². The molecule has 0 aliphatic rings. The largest absolute Gasteiger partial charge is 0.373 e. The van der Waals surface area contributed by atoms with Crippen LogP contribution in [0, 0.1) is 13.8 Å². The monoisotopic (exact) mass is 303 g/mol. The van der Waals surface area contributed by atoms with E-state index >= 15 is 0 Å². The third-order valence-electron chi connectivity index (χ3n) is 3.15. The summed E-state index contributed by atoms with van der Waals surface area (Å²) < 4.78 is 0. The van der Waals surface area contributed by atoms with Crippen LogP contribution in [-0.2, 0) is 6.42 Å². The minimum atomic E-state index is -0.0576. The predicted octanol–water partition coefficient (Wildman–Crippen LogP) is 3.16. The Labute approximate surface area is 129 Å². The first-order valence-electron chi connectivity index (χ1n) is 7.00. The first-order valence-corrected chi connectivity index (χ1v) is 7.82. The molecule has 2 N–H and O–H groups in total. The zero-order valence-electron chi connectivity index (χ0n) is 12.9. The Balaban J connectivity index is 2.02. The molecule has 0 spiro atoms. The third-order valence-corrected chi connectivity index (χ3v) is 4.18. The van der Waals surface area contributed by atoms with Crippen LogP contribution in [0.1, 0.15) is 32.7 Å². The Hall–Kier alpha value is -1.88. The van der Waals surface area contributed by atoms with E-state index in [1.165, 1.54) is 9.75 Å². The molecule has 4 nitrogen and oxygen atoms in total. The maximum absolute atomic E-state index is 12.3. The van der Waals surface area contributed by atoms with Crippen molar-refractivity contribution in [3.8, 4) is 0 Å². The lowest BCUT2D eigenvalue weighted by Crippen LogP contribution is -2.34. The fraction of sp³-hybridized carbons (Fsp3) is 0.375. The number of nitrogens with one attached hydrogen (secondary N) is 2. The number of anilines is 1. The second-order valence-corrected chi connectivity index (χ2v) is 6.60. The van der Waals surface area contributed by atoms with Gasteiger partial charge in [-0.1, -0.05) is 0 Å². The second-order valence-electron chi connectivity index (χ2n) is 5.22. The van der Waals surface area contributed by atoms with Gasteiger partial charge in [-0.05, 0) is 45.0 Å². The average molecular weight is 303 g/mol. The molecule has 1 unspecified atom stereocenters. The van der Waals surface area contributed by atoms with Crippen LogP contribution in [0.3, 0.4) is 0 Å². The van der Waals surface area contributed by atoms with Gasteiger partial charge in [0.05, 0.1) is 0 Å². The van der Waals surface area contributed by atoms with Crippen LogP contribution < -0.4 is 10.6 Å². The van der Waals surface area contributed by atoms with Gasteiger partial charge in [0.15, 0.2) is 0 Å². The van der Waals surface area contributed by atoms with Gasteiger partial charge in [-0.3, -0.25) is 4.79 Å². The highest BCUT2D eigenvalue weighted by molar-refractivity contribution is 7.11. The number of hydrogen-bond donors (Lipinski definition) is 2. The van der Waals surface area contributed by atoms with E-state index in [0.717, 1.165) is 12.1 Å². The molecule has 0 saturated heterocycles. The van der Waals surface area contributed by atoms with Crippen molar-refractivity contribution >= 4 is 23.1 Å². The Morgan fingerprint density at radius 3 is 2.71 bits per heavy atom. The number of carbonyl (C=O) groups excluding carboxylic acids is 1. The van der Waals surface area contributed by atoms with E-state index in [2.05, 4.69) is 34.7 Å². The summed E-state index contributed by atoms with van der Waals surface area (Å²) in [6.45, 7) is 6.01. The van der Waals surface area contributed by atoms with Crippen molar-refractivity contribution < 1.29 is 4.79 Å². The van der Waals surface area contributed by atoms with Crippen molar-refractivity contribution in [2.75, 3.05) is 12.4 Å². The zero-order chi connectivity index (χ0) is 15.4.